The summed E-state index contributed by atoms with van der Waals surface area (Å²) < 4.78 is 15.8. The zero-order valence-electron chi connectivity index (χ0n) is 19.1. The highest BCUT2D eigenvalue weighted by atomic mass is 16.5. The molecule has 9 nitrogen and oxygen atoms in total. The number of ether oxygens (including phenoxy) is 3. The van der Waals surface area contributed by atoms with Gasteiger partial charge in [-0.25, -0.2) is 0 Å². The molecule has 0 atom stereocenters. The number of rotatable bonds is 9. The van der Waals surface area contributed by atoms with E-state index >= 15 is 0 Å². The summed E-state index contributed by atoms with van der Waals surface area (Å²) in [5, 5.41) is 5.37. The van der Waals surface area contributed by atoms with Crippen molar-refractivity contribution in [3.05, 3.63) is 47.5 Å². The van der Waals surface area contributed by atoms with Gasteiger partial charge in [0.1, 0.15) is 0 Å². The van der Waals surface area contributed by atoms with Crippen molar-refractivity contribution in [1.29, 1.82) is 0 Å². The van der Waals surface area contributed by atoms with E-state index < -0.39 is 5.91 Å². The van der Waals surface area contributed by atoms with Crippen molar-refractivity contribution < 1.29 is 28.6 Å². The molecule has 0 radical (unpaired) electrons. The van der Waals surface area contributed by atoms with Gasteiger partial charge in [-0.05, 0) is 42.7 Å². The lowest BCUT2D eigenvalue weighted by Crippen LogP contribution is -2.37. The molecule has 1 fully saturated rings. The predicted molar refractivity (Wildman–Crippen MR) is 123 cm³/mol. The minimum Gasteiger partial charge on any atom is -0.493 e. The molecule has 2 N–H and O–H groups in total. The third kappa shape index (κ3) is 5.94. The first-order valence-electron chi connectivity index (χ1n) is 10.7. The lowest BCUT2D eigenvalue weighted by atomic mass is 10.1. The maximum Gasteiger partial charge on any atom is 0.251 e. The van der Waals surface area contributed by atoms with E-state index in [-0.39, 0.29) is 30.5 Å². The van der Waals surface area contributed by atoms with E-state index in [1.165, 1.54) is 33.5 Å². The summed E-state index contributed by atoms with van der Waals surface area (Å²) in [4.78, 5) is 38.7. The molecular formula is C24H29N3O6. The Bertz CT molecular complexity index is 998. The van der Waals surface area contributed by atoms with E-state index in [4.69, 9.17) is 14.2 Å². The third-order valence-electron chi connectivity index (χ3n) is 5.37. The van der Waals surface area contributed by atoms with Crippen LogP contribution >= 0.6 is 0 Å². The smallest absolute Gasteiger partial charge is 0.251 e. The number of piperidine rings is 1. The fourth-order valence-electron chi connectivity index (χ4n) is 3.65. The molecule has 0 aromatic heterocycles. The highest BCUT2D eigenvalue weighted by Gasteiger charge is 2.20. The first-order valence-corrected chi connectivity index (χ1v) is 10.7. The molecular weight excluding hydrogens is 426 g/mol. The van der Waals surface area contributed by atoms with Crippen LogP contribution in [-0.4, -0.2) is 52.1 Å². The number of nitrogens with zero attached hydrogens (tertiary/aromatic N) is 1. The SMILES string of the molecule is COc1cc(C(=O)NCC(=O)NCc2cccc(N3CCCCC3=O)c2)cc(OC)c1OC. The molecule has 0 spiro atoms. The van der Waals surface area contributed by atoms with Crippen molar-refractivity contribution in [3.63, 3.8) is 0 Å². The number of benzene rings is 2. The summed E-state index contributed by atoms with van der Waals surface area (Å²) in [5.41, 5.74) is 1.98. The van der Waals surface area contributed by atoms with Crippen molar-refractivity contribution in [3.8, 4) is 17.2 Å². The standard InChI is InChI=1S/C24H29N3O6/c1-31-19-12-17(13-20(32-2)23(19)33-3)24(30)26-15-21(28)25-14-16-7-6-8-18(11-16)27-10-5-4-9-22(27)29/h6-8,11-13H,4-5,9-10,14-15H2,1-3H3,(H,25,28)(H,26,30). The summed E-state index contributed by atoms with van der Waals surface area (Å²) >= 11 is 0. The second kappa shape index (κ2) is 11.2. The van der Waals surface area contributed by atoms with Gasteiger partial charge in [0, 0.05) is 30.8 Å². The van der Waals surface area contributed by atoms with Crippen molar-refractivity contribution in [2.75, 3.05) is 39.3 Å². The monoisotopic (exact) mass is 455 g/mol. The highest BCUT2D eigenvalue weighted by molar-refractivity contribution is 5.97. The van der Waals surface area contributed by atoms with Gasteiger partial charge in [-0.2, -0.15) is 0 Å². The first kappa shape index (κ1) is 23.9. The average molecular weight is 456 g/mol. The highest BCUT2D eigenvalue weighted by Crippen LogP contribution is 2.38. The number of hydrogen-bond donors (Lipinski definition) is 2. The van der Waals surface area contributed by atoms with Crippen LogP contribution in [0, 0.1) is 0 Å². The Kier molecular flexibility index (Phi) is 8.12. The Balaban J connectivity index is 1.55. The fourth-order valence-corrected chi connectivity index (χ4v) is 3.65. The number of hydrogen-bond acceptors (Lipinski definition) is 6. The van der Waals surface area contributed by atoms with Crippen LogP contribution in [0.4, 0.5) is 5.69 Å². The molecule has 3 amide bonds. The van der Waals surface area contributed by atoms with Gasteiger partial charge < -0.3 is 29.7 Å². The summed E-state index contributed by atoms with van der Waals surface area (Å²) in [6, 6.07) is 10.6. The Hall–Kier alpha value is -3.75. The molecule has 176 valence electrons. The predicted octanol–water partition coefficient (Wildman–Crippen LogP) is 2.28. The lowest BCUT2D eigenvalue weighted by Gasteiger charge is -2.27. The topological polar surface area (TPSA) is 106 Å². The van der Waals surface area contributed by atoms with Crippen LogP contribution in [-0.2, 0) is 16.1 Å². The fraction of sp³-hybridized carbons (Fsp3) is 0.375. The molecule has 0 bridgehead atoms. The van der Waals surface area contributed by atoms with E-state index in [1.807, 2.05) is 24.3 Å². The Morgan fingerprint density at radius 3 is 2.33 bits per heavy atom. The minimum absolute atomic E-state index is 0.122. The molecule has 0 saturated carbocycles. The lowest BCUT2D eigenvalue weighted by molar-refractivity contribution is -0.120. The summed E-state index contributed by atoms with van der Waals surface area (Å²) in [7, 11) is 4.40. The van der Waals surface area contributed by atoms with Gasteiger partial charge in [0.05, 0.1) is 27.9 Å². The van der Waals surface area contributed by atoms with Crippen LogP contribution in [0.1, 0.15) is 35.2 Å². The normalized spacial score (nSPS) is 13.3. The molecule has 33 heavy (non-hydrogen) atoms. The number of methoxy groups -OCH3 is 3. The van der Waals surface area contributed by atoms with Crippen LogP contribution < -0.4 is 29.7 Å². The van der Waals surface area contributed by atoms with Crippen LogP contribution in [0.3, 0.4) is 0 Å². The number of carbonyl (C=O) groups is 3. The van der Waals surface area contributed by atoms with Gasteiger partial charge in [-0.3, -0.25) is 14.4 Å². The van der Waals surface area contributed by atoms with Crippen molar-refractivity contribution in [2.45, 2.75) is 25.8 Å². The van der Waals surface area contributed by atoms with E-state index in [9.17, 15) is 14.4 Å². The molecule has 2 aromatic carbocycles. The number of nitrogens with one attached hydrogen (secondary N) is 2. The van der Waals surface area contributed by atoms with Gasteiger partial charge in [0.2, 0.25) is 17.6 Å². The maximum absolute atomic E-state index is 12.5. The quantitative estimate of drug-likeness (QED) is 0.601. The summed E-state index contributed by atoms with van der Waals surface area (Å²) in [5.74, 6) is 0.405. The molecule has 1 heterocycles. The maximum atomic E-state index is 12.5. The van der Waals surface area contributed by atoms with Crippen molar-refractivity contribution in [2.24, 2.45) is 0 Å². The minimum atomic E-state index is -0.449. The number of anilines is 1. The number of carbonyl (C=O) groups excluding carboxylic acids is 3. The third-order valence-corrected chi connectivity index (χ3v) is 5.37. The summed E-state index contributed by atoms with van der Waals surface area (Å²) in [6.45, 7) is 0.802. The van der Waals surface area contributed by atoms with Crippen LogP contribution in [0.25, 0.3) is 0 Å². The Morgan fingerprint density at radius 2 is 1.70 bits per heavy atom. The molecule has 1 aliphatic rings. The van der Waals surface area contributed by atoms with E-state index in [2.05, 4.69) is 10.6 Å². The number of amides is 3. The molecule has 2 aromatic rings. The zero-order valence-corrected chi connectivity index (χ0v) is 19.1. The van der Waals surface area contributed by atoms with E-state index in [0.717, 1.165) is 24.1 Å². The molecule has 0 aliphatic carbocycles. The van der Waals surface area contributed by atoms with Gasteiger partial charge in [0.15, 0.2) is 11.5 Å². The molecule has 1 saturated heterocycles. The van der Waals surface area contributed by atoms with Gasteiger partial charge in [-0.15, -0.1) is 0 Å². The Morgan fingerprint density at radius 1 is 0.970 bits per heavy atom. The van der Waals surface area contributed by atoms with Crippen molar-refractivity contribution in [1.82, 2.24) is 10.6 Å². The van der Waals surface area contributed by atoms with E-state index in [1.54, 1.807) is 4.90 Å². The van der Waals surface area contributed by atoms with Gasteiger partial charge in [-0.1, -0.05) is 12.1 Å². The molecule has 9 heteroatoms. The average Bonchev–Trinajstić information content (AvgIpc) is 2.85. The molecule has 1 aliphatic heterocycles. The van der Waals surface area contributed by atoms with Crippen molar-refractivity contribution >= 4 is 23.4 Å². The largest absolute Gasteiger partial charge is 0.493 e. The van der Waals surface area contributed by atoms with Crippen LogP contribution in [0.15, 0.2) is 36.4 Å². The Labute approximate surface area is 193 Å². The molecule has 3 rings (SSSR count). The van der Waals surface area contributed by atoms with Crippen LogP contribution in [0.2, 0.25) is 0 Å². The summed E-state index contributed by atoms with van der Waals surface area (Å²) in [6.07, 6.45) is 2.47. The van der Waals surface area contributed by atoms with Crippen LogP contribution in [0.5, 0.6) is 17.2 Å². The van der Waals surface area contributed by atoms with E-state index in [0.29, 0.717) is 30.2 Å². The van der Waals surface area contributed by atoms with Gasteiger partial charge in [0.25, 0.3) is 5.91 Å². The molecule has 0 unspecified atom stereocenters. The first-order chi connectivity index (χ1) is 16.0. The second-order valence-corrected chi connectivity index (χ2v) is 7.55. The second-order valence-electron chi connectivity index (χ2n) is 7.55. The van der Waals surface area contributed by atoms with Gasteiger partial charge >= 0.3 is 0 Å². The zero-order chi connectivity index (χ0) is 23.8.